The molecular weight excluding hydrogens is 224 g/mol. The Hall–Kier alpha value is -1.17. The number of nitrogens with one attached hydrogen (secondary N) is 1. The molecule has 0 radical (unpaired) electrons. The summed E-state index contributed by atoms with van der Waals surface area (Å²) < 4.78 is 2.26. The molecule has 0 spiro atoms. The molecule has 0 aliphatic rings. The summed E-state index contributed by atoms with van der Waals surface area (Å²) >= 11 is 5.11. The highest BCUT2D eigenvalue weighted by Gasteiger charge is 2.14. The molecule has 1 aromatic rings. The van der Waals surface area contributed by atoms with E-state index in [4.69, 9.17) is 12.2 Å². The maximum atomic E-state index is 11.8. The lowest BCUT2D eigenvalue weighted by Crippen LogP contribution is -2.30. The third-order valence-corrected chi connectivity index (χ3v) is 2.81. The minimum Gasteiger partial charge on any atom is -0.344 e. The number of H-pyrrole nitrogens is 1. The van der Waals surface area contributed by atoms with Crippen LogP contribution in [0.1, 0.15) is 32.5 Å². The van der Waals surface area contributed by atoms with Crippen molar-refractivity contribution in [2.45, 2.75) is 33.2 Å². The van der Waals surface area contributed by atoms with Gasteiger partial charge in [0.25, 0.3) is 0 Å². The molecule has 1 aromatic heterocycles. The van der Waals surface area contributed by atoms with Gasteiger partial charge in [0, 0.05) is 19.5 Å². The Morgan fingerprint density at radius 3 is 2.75 bits per heavy atom. The Labute approximate surface area is 100 Å². The van der Waals surface area contributed by atoms with Crippen LogP contribution in [-0.2, 0) is 11.3 Å². The van der Waals surface area contributed by atoms with Crippen molar-refractivity contribution in [3.63, 3.8) is 0 Å². The van der Waals surface area contributed by atoms with E-state index in [9.17, 15) is 4.79 Å². The van der Waals surface area contributed by atoms with Gasteiger partial charge in [0.15, 0.2) is 4.77 Å². The Morgan fingerprint density at radius 2 is 2.25 bits per heavy atom. The molecule has 0 fully saturated rings. The molecule has 1 heterocycles. The van der Waals surface area contributed by atoms with Gasteiger partial charge >= 0.3 is 0 Å². The highest BCUT2D eigenvalue weighted by molar-refractivity contribution is 7.71. The second kappa shape index (κ2) is 5.25. The molecule has 0 unspecified atom stereocenters. The molecule has 0 saturated carbocycles. The summed E-state index contributed by atoms with van der Waals surface area (Å²) in [5.74, 6) is 1.11. The lowest BCUT2D eigenvalue weighted by atomic mass is 10.2. The van der Waals surface area contributed by atoms with Gasteiger partial charge in [0.2, 0.25) is 5.91 Å². The van der Waals surface area contributed by atoms with Gasteiger partial charge in [0.1, 0.15) is 12.4 Å². The number of likely N-dealkylation sites (N-methyl/N-ethyl adjacent to an activating group) is 1. The van der Waals surface area contributed by atoms with Crippen molar-refractivity contribution in [3.05, 3.63) is 10.6 Å². The van der Waals surface area contributed by atoms with Crippen molar-refractivity contribution in [1.29, 1.82) is 0 Å². The van der Waals surface area contributed by atoms with Crippen LogP contribution in [0.25, 0.3) is 0 Å². The number of aromatic amines is 1. The van der Waals surface area contributed by atoms with Crippen molar-refractivity contribution in [1.82, 2.24) is 19.7 Å². The Balaban J connectivity index is 2.92. The molecule has 0 bridgehead atoms. The number of nitrogens with zero attached hydrogens (tertiary/aromatic N) is 3. The van der Waals surface area contributed by atoms with Crippen LogP contribution < -0.4 is 0 Å². The van der Waals surface area contributed by atoms with Crippen LogP contribution in [0.2, 0.25) is 0 Å². The molecule has 1 rings (SSSR count). The van der Waals surface area contributed by atoms with E-state index in [-0.39, 0.29) is 18.4 Å². The lowest BCUT2D eigenvalue weighted by Gasteiger charge is -2.16. The zero-order chi connectivity index (χ0) is 12.3. The van der Waals surface area contributed by atoms with E-state index in [1.165, 1.54) is 0 Å². The molecule has 1 N–H and O–H groups in total. The molecule has 90 valence electrons. The Bertz CT molecular complexity index is 421. The molecule has 0 atom stereocenters. The summed E-state index contributed by atoms with van der Waals surface area (Å²) in [5, 5.41) is 6.85. The predicted octanol–water partition coefficient (Wildman–Crippen LogP) is 1.54. The van der Waals surface area contributed by atoms with Gasteiger partial charge in [-0.2, -0.15) is 5.10 Å². The van der Waals surface area contributed by atoms with Gasteiger partial charge in [-0.25, -0.2) is 0 Å². The molecule has 0 aromatic carbocycles. The van der Waals surface area contributed by atoms with Crippen molar-refractivity contribution in [2.75, 3.05) is 13.6 Å². The minimum atomic E-state index is 0.0434. The second-order valence-corrected chi connectivity index (χ2v) is 4.42. The lowest BCUT2D eigenvalue weighted by molar-refractivity contribution is -0.130. The van der Waals surface area contributed by atoms with E-state index in [1.807, 2.05) is 20.8 Å². The predicted molar refractivity (Wildman–Crippen MR) is 64.8 cm³/mol. The summed E-state index contributed by atoms with van der Waals surface area (Å²) in [6, 6.07) is 0. The van der Waals surface area contributed by atoms with Gasteiger partial charge < -0.3 is 4.90 Å². The van der Waals surface area contributed by atoms with Crippen molar-refractivity contribution in [2.24, 2.45) is 0 Å². The molecule has 1 amide bonds. The third-order valence-electron chi connectivity index (χ3n) is 2.50. The quantitative estimate of drug-likeness (QED) is 0.815. The molecule has 16 heavy (non-hydrogen) atoms. The Morgan fingerprint density at radius 1 is 1.62 bits per heavy atom. The molecule has 0 aliphatic heterocycles. The molecule has 6 heteroatoms. The summed E-state index contributed by atoms with van der Waals surface area (Å²) in [5.41, 5.74) is 0. The molecule has 0 aliphatic carbocycles. The average Bonchev–Trinajstić information content (AvgIpc) is 2.59. The number of aromatic nitrogens is 3. The van der Waals surface area contributed by atoms with Gasteiger partial charge in [-0.1, -0.05) is 13.8 Å². The number of amides is 1. The fourth-order valence-electron chi connectivity index (χ4n) is 1.36. The van der Waals surface area contributed by atoms with Gasteiger partial charge in [0.05, 0.1) is 0 Å². The topological polar surface area (TPSA) is 53.9 Å². The molecule has 5 nitrogen and oxygen atoms in total. The van der Waals surface area contributed by atoms with E-state index >= 15 is 0 Å². The van der Waals surface area contributed by atoms with Gasteiger partial charge in [-0.3, -0.25) is 14.5 Å². The van der Waals surface area contributed by atoms with Crippen LogP contribution in [-0.4, -0.2) is 39.2 Å². The Kier molecular flexibility index (Phi) is 4.23. The summed E-state index contributed by atoms with van der Waals surface area (Å²) in [7, 11) is 1.78. The highest BCUT2D eigenvalue weighted by atomic mass is 32.1. The van der Waals surface area contributed by atoms with E-state index < -0.39 is 0 Å². The van der Waals surface area contributed by atoms with Crippen LogP contribution in [0.4, 0.5) is 0 Å². The second-order valence-electron chi connectivity index (χ2n) is 4.04. The SMILES string of the molecule is CCN(C)C(=O)Cn1c(C(C)C)n[nH]c1=S. The molecule has 0 saturated heterocycles. The number of rotatable bonds is 4. The fraction of sp³-hybridized carbons (Fsp3) is 0.700. The monoisotopic (exact) mass is 242 g/mol. The van der Waals surface area contributed by atoms with Crippen LogP contribution in [0.5, 0.6) is 0 Å². The first-order valence-corrected chi connectivity index (χ1v) is 5.77. The zero-order valence-electron chi connectivity index (χ0n) is 10.1. The first-order chi connectivity index (χ1) is 7.47. The average molecular weight is 242 g/mol. The van der Waals surface area contributed by atoms with E-state index in [0.29, 0.717) is 11.3 Å². The van der Waals surface area contributed by atoms with Crippen LogP contribution in [0.3, 0.4) is 0 Å². The zero-order valence-corrected chi connectivity index (χ0v) is 11.0. The van der Waals surface area contributed by atoms with E-state index in [2.05, 4.69) is 10.2 Å². The molecular formula is C10H18N4OS. The smallest absolute Gasteiger partial charge is 0.242 e. The maximum absolute atomic E-state index is 11.8. The maximum Gasteiger partial charge on any atom is 0.242 e. The largest absolute Gasteiger partial charge is 0.344 e. The van der Waals surface area contributed by atoms with Crippen LogP contribution in [0, 0.1) is 4.77 Å². The fourth-order valence-corrected chi connectivity index (χ4v) is 1.56. The minimum absolute atomic E-state index is 0.0434. The van der Waals surface area contributed by atoms with Crippen LogP contribution >= 0.6 is 12.2 Å². The van der Waals surface area contributed by atoms with E-state index in [1.54, 1.807) is 16.5 Å². The van der Waals surface area contributed by atoms with Crippen molar-refractivity contribution < 1.29 is 4.79 Å². The standard InChI is InChI=1S/C10H18N4OS/c1-5-13(4)8(15)6-14-9(7(2)3)11-12-10(14)16/h7H,5-6H2,1-4H3,(H,12,16). The van der Waals surface area contributed by atoms with Crippen molar-refractivity contribution in [3.8, 4) is 0 Å². The highest BCUT2D eigenvalue weighted by Crippen LogP contribution is 2.11. The summed E-state index contributed by atoms with van der Waals surface area (Å²) in [4.78, 5) is 13.5. The first-order valence-electron chi connectivity index (χ1n) is 5.36. The normalized spacial score (nSPS) is 10.8. The van der Waals surface area contributed by atoms with Gasteiger partial charge in [-0.05, 0) is 19.1 Å². The summed E-state index contributed by atoms with van der Waals surface area (Å²) in [6.07, 6.45) is 0. The number of hydrogen-bond acceptors (Lipinski definition) is 3. The van der Waals surface area contributed by atoms with E-state index in [0.717, 1.165) is 5.82 Å². The number of carbonyl (C=O) groups excluding carboxylic acids is 1. The number of hydrogen-bond donors (Lipinski definition) is 1. The third kappa shape index (κ3) is 2.69. The summed E-state index contributed by atoms with van der Waals surface area (Å²) in [6.45, 7) is 6.94. The van der Waals surface area contributed by atoms with Gasteiger partial charge in [-0.15, -0.1) is 0 Å². The number of carbonyl (C=O) groups is 1. The van der Waals surface area contributed by atoms with Crippen LogP contribution in [0.15, 0.2) is 0 Å². The first kappa shape index (κ1) is 12.9. The van der Waals surface area contributed by atoms with Crippen molar-refractivity contribution >= 4 is 18.1 Å².